The molecule has 2 rings (SSSR count). The standard InChI is InChI=1S/C16H17NO4/c1-3-8-21-15-10-17-14(9-13(15)16(18)19)11-4-6-12(20-2)7-5-11/h4-7,9-10H,3,8H2,1-2H3,(H,18,19). The van der Waals surface area contributed by atoms with Gasteiger partial charge in [0.15, 0.2) is 5.75 Å². The van der Waals surface area contributed by atoms with Gasteiger partial charge in [0.1, 0.15) is 11.3 Å². The van der Waals surface area contributed by atoms with Crippen LogP contribution in [0.4, 0.5) is 0 Å². The zero-order chi connectivity index (χ0) is 15.2. The van der Waals surface area contributed by atoms with E-state index in [1.807, 2.05) is 19.1 Å². The zero-order valence-electron chi connectivity index (χ0n) is 12.0. The molecule has 110 valence electrons. The highest BCUT2D eigenvalue weighted by molar-refractivity contribution is 5.92. The molecule has 0 spiro atoms. The van der Waals surface area contributed by atoms with Gasteiger partial charge in [0, 0.05) is 5.56 Å². The summed E-state index contributed by atoms with van der Waals surface area (Å²) in [5, 5.41) is 9.29. The molecule has 1 N–H and O–H groups in total. The highest BCUT2D eigenvalue weighted by Crippen LogP contribution is 2.26. The van der Waals surface area contributed by atoms with Gasteiger partial charge >= 0.3 is 5.97 Å². The van der Waals surface area contributed by atoms with Crippen LogP contribution in [0.15, 0.2) is 36.5 Å². The Labute approximate surface area is 123 Å². The molecule has 0 aliphatic carbocycles. The first-order valence-corrected chi connectivity index (χ1v) is 6.66. The van der Waals surface area contributed by atoms with Crippen molar-refractivity contribution in [3.63, 3.8) is 0 Å². The summed E-state index contributed by atoms with van der Waals surface area (Å²) in [4.78, 5) is 15.6. The number of hydrogen-bond acceptors (Lipinski definition) is 4. The molecule has 0 aliphatic heterocycles. The molecule has 5 nitrogen and oxygen atoms in total. The lowest BCUT2D eigenvalue weighted by Crippen LogP contribution is -2.05. The number of hydrogen-bond donors (Lipinski definition) is 1. The number of carbonyl (C=O) groups is 1. The van der Waals surface area contributed by atoms with Crippen molar-refractivity contribution in [3.05, 3.63) is 42.1 Å². The van der Waals surface area contributed by atoms with Crippen molar-refractivity contribution in [2.75, 3.05) is 13.7 Å². The van der Waals surface area contributed by atoms with Crippen LogP contribution in [-0.2, 0) is 0 Å². The molecule has 21 heavy (non-hydrogen) atoms. The van der Waals surface area contributed by atoms with Crippen LogP contribution in [0.3, 0.4) is 0 Å². The number of aromatic nitrogens is 1. The zero-order valence-corrected chi connectivity index (χ0v) is 12.0. The van der Waals surface area contributed by atoms with Crippen molar-refractivity contribution >= 4 is 5.97 Å². The Morgan fingerprint density at radius 3 is 2.57 bits per heavy atom. The van der Waals surface area contributed by atoms with Gasteiger partial charge < -0.3 is 14.6 Å². The minimum atomic E-state index is -1.03. The van der Waals surface area contributed by atoms with Gasteiger partial charge in [0.05, 0.1) is 25.6 Å². The lowest BCUT2D eigenvalue weighted by atomic mass is 10.1. The van der Waals surface area contributed by atoms with Crippen LogP contribution in [0, 0.1) is 0 Å². The third-order valence-electron chi connectivity index (χ3n) is 2.95. The molecule has 0 saturated heterocycles. The maximum absolute atomic E-state index is 11.3. The van der Waals surface area contributed by atoms with Crippen molar-refractivity contribution in [1.29, 1.82) is 0 Å². The van der Waals surface area contributed by atoms with E-state index in [1.165, 1.54) is 12.3 Å². The third kappa shape index (κ3) is 3.51. The molecule has 0 bridgehead atoms. The molecule has 1 aromatic heterocycles. The van der Waals surface area contributed by atoms with Gasteiger partial charge in [-0.05, 0) is 36.8 Å². The van der Waals surface area contributed by atoms with Crippen LogP contribution in [0.25, 0.3) is 11.3 Å². The Balaban J connectivity index is 2.36. The second-order valence-electron chi connectivity index (χ2n) is 4.45. The average molecular weight is 287 g/mol. The summed E-state index contributed by atoms with van der Waals surface area (Å²) in [5.41, 5.74) is 1.52. The van der Waals surface area contributed by atoms with Gasteiger partial charge in [-0.15, -0.1) is 0 Å². The van der Waals surface area contributed by atoms with Crippen molar-refractivity contribution in [2.24, 2.45) is 0 Å². The first kappa shape index (κ1) is 14.8. The molecule has 0 unspecified atom stereocenters. The normalized spacial score (nSPS) is 10.2. The fourth-order valence-corrected chi connectivity index (χ4v) is 1.86. The van der Waals surface area contributed by atoms with Gasteiger partial charge in [0.25, 0.3) is 0 Å². The van der Waals surface area contributed by atoms with Crippen molar-refractivity contribution in [2.45, 2.75) is 13.3 Å². The largest absolute Gasteiger partial charge is 0.497 e. The number of rotatable bonds is 6. The Bertz CT molecular complexity index is 623. The van der Waals surface area contributed by atoms with Gasteiger partial charge in [0.2, 0.25) is 0 Å². The summed E-state index contributed by atoms with van der Waals surface area (Å²) in [7, 11) is 1.59. The Morgan fingerprint density at radius 2 is 2.00 bits per heavy atom. The number of ether oxygens (including phenoxy) is 2. The predicted molar refractivity (Wildman–Crippen MR) is 79.0 cm³/mol. The summed E-state index contributed by atoms with van der Waals surface area (Å²) in [5.74, 6) is -0.0000150. The van der Waals surface area contributed by atoms with Crippen molar-refractivity contribution in [1.82, 2.24) is 4.98 Å². The number of carboxylic acids is 1. The average Bonchev–Trinajstić information content (AvgIpc) is 2.52. The minimum Gasteiger partial charge on any atom is -0.497 e. The first-order chi connectivity index (χ1) is 10.2. The predicted octanol–water partition coefficient (Wildman–Crippen LogP) is 3.24. The van der Waals surface area contributed by atoms with Crippen molar-refractivity contribution in [3.8, 4) is 22.8 Å². The van der Waals surface area contributed by atoms with Crippen LogP contribution in [0.2, 0.25) is 0 Å². The second-order valence-corrected chi connectivity index (χ2v) is 4.45. The summed E-state index contributed by atoms with van der Waals surface area (Å²) in [6.07, 6.45) is 2.26. The van der Waals surface area contributed by atoms with E-state index in [1.54, 1.807) is 19.2 Å². The number of pyridine rings is 1. The maximum Gasteiger partial charge on any atom is 0.339 e. The molecule has 0 atom stereocenters. The van der Waals surface area contributed by atoms with E-state index in [4.69, 9.17) is 9.47 Å². The van der Waals surface area contributed by atoms with E-state index in [-0.39, 0.29) is 5.56 Å². The highest BCUT2D eigenvalue weighted by atomic mass is 16.5. The Hall–Kier alpha value is -2.56. The van der Waals surface area contributed by atoms with Crippen molar-refractivity contribution < 1.29 is 19.4 Å². The fourth-order valence-electron chi connectivity index (χ4n) is 1.86. The molecular formula is C16H17NO4. The Kier molecular flexibility index (Phi) is 4.77. The number of nitrogens with zero attached hydrogens (tertiary/aromatic N) is 1. The molecule has 1 aromatic carbocycles. The lowest BCUT2D eigenvalue weighted by Gasteiger charge is -2.10. The molecule has 0 aliphatic rings. The molecule has 1 heterocycles. The van der Waals surface area contributed by atoms with E-state index in [2.05, 4.69) is 4.98 Å². The second kappa shape index (κ2) is 6.74. The Morgan fingerprint density at radius 1 is 1.29 bits per heavy atom. The van der Waals surface area contributed by atoms with E-state index < -0.39 is 5.97 Å². The number of aromatic carboxylic acids is 1. The topological polar surface area (TPSA) is 68.7 Å². The molecule has 5 heteroatoms. The number of benzene rings is 1. The molecule has 0 saturated carbocycles. The van der Waals surface area contributed by atoms with E-state index in [9.17, 15) is 9.90 Å². The van der Waals surface area contributed by atoms with Crippen LogP contribution in [0.1, 0.15) is 23.7 Å². The number of methoxy groups -OCH3 is 1. The van der Waals surface area contributed by atoms with Gasteiger partial charge in [-0.2, -0.15) is 0 Å². The molecular weight excluding hydrogens is 270 g/mol. The van der Waals surface area contributed by atoms with E-state index >= 15 is 0 Å². The molecule has 0 amide bonds. The lowest BCUT2D eigenvalue weighted by molar-refractivity contribution is 0.0692. The van der Waals surface area contributed by atoms with E-state index in [0.717, 1.165) is 17.7 Å². The summed E-state index contributed by atoms with van der Waals surface area (Å²) >= 11 is 0. The quantitative estimate of drug-likeness (QED) is 0.883. The minimum absolute atomic E-state index is 0.115. The summed E-state index contributed by atoms with van der Waals surface area (Å²) in [6, 6.07) is 8.80. The van der Waals surface area contributed by atoms with Crippen LogP contribution in [0.5, 0.6) is 11.5 Å². The smallest absolute Gasteiger partial charge is 0.339 e. The number of carboxylic acid groups (broad SMARTS) is 1. The van der Waals surface area contributed by atoms with Gasteiger partial charge in [-0.1, -0.05) is 6.92 Å². The van der Waals surface area contributed by atoms with E-state index in [0.29, 0.717) is 18.1 Å². The van der Waals surface area contributed by atoms with Crippen LogP contribution in [-0.4, -0.2) is 29.8 Å². The summed E-state index contributed by atoms with van der Waals surface area (Å²) in [6.45, 7) is 2.42. The molecule has 0 fully saturated rings. The van der Waals surface area contributed by atoms with Gasteiger partial charge in [-0.25, -0.2) is 4.79 Å². The molecule has 2 aromatic rings. The SMILES string of the molecule is CCCOc1cnc(-c2ccc(OC)cc2)cc1C(=O)O. The fraction of sp³-hybridized carbons (Fsp3) is 0.250. The molecule has 0 radical (unpaired) electrons. The van der Waals surface area contributed by atoms with Gasteiger partial charge in [-0.3, -0.25) is 4.98 Å². The first-order valence-electron chi connectivity index (χ1n) is 6.66. The third-order valence-corrected chi connectivity index (χ3v) is 2.95. The van der Waals surface area contributed by atoms with Crippen LogP contribution < -0.4 is 9.47 Å². The van der Waals surface area contributed by atoms with Crippen LogP contribution >= 0.6 is 0 Å². The summed E-state index contributed by atoms with van der Waals surface area (Å²) < 4.78 is 10.5. The maximum atomic E-state index is 11.3. The highest BCUT2D eigenvalue weighted by Gasteiger charge is 2.14. The monoisotopic (exact) mass is 287 g/mol.